The topological polar surface area (TPSA) is 88.6 Å². The third-order valence-electron chi connectivity index (χ3n) is 6.63. The summed E-state index contributed by atoms with van der Waals surface area (Å²) < 4.78 is 19.1. The van der Waals surface area contributed by atoms with Gasteiger partial charge in [-0.1, -0.05) is 48.6 Å². The Kier molecular flexibility index (Phi) is 5.12. The summed E-state index contributed by atoms with van der Waals surface area (Å²) in [4.78, 5) is 12.1. The third kappa shape index (κ3) is 3.26. The number of hydrogen-bond acceptors (Lipinski definition) is 5. The van der Waals surface area contributed by atoms with Gasteiger partial charge in [0, 0.05) is 28.7 Å². The van der Waals surface area contributed by atoms with E-state index in [1.54, 1.807) is 21.3 Å². The summed E-state index contributed by atoms with van der Waals surface area (Å²) in [7, 11) is 4.85. The van der Waals surface area contributed by atoms with Crippen molar-refractivity contribution in [3.05, 3.63) is 76.6 Å². The van der Waals surface area contributed by atoms with Gasteiger partial charge in [-0.25, -0.2) is 0 Å². The minimum absolute atomic E-state index is 0.305. The molecule has 0 radical (unpaired) electrons. The van der Waals surface area contributed by atoms with Crippen LogP contribution in [0, 0.1) is 0 Å². The van der Waals surface area contributed by atoms with Gasteiger partial charge in [-0.3, -0.25) is 9.48 Å². The highest BCUT2D eigenvalue weighted by Gasteiger charge is 2.42. The van der Waals surface area contributed by atoms with Crippen LogP contribution in [-0.2, 0) is 11.8 Å². The van der Waals surface area contributed by atoms with E-state index in [1.807, 2.05) is 41.1 Å². The molecule has 1 saturated carbocycles. The largest absolute Gasteiger partial charge is 0.493 e. The minimum Gasteiger partial charge on any atom is -0.493 e. The van der Waals surface area contributed by atoms with E-state index in [9.17, 15) is 4.79 Å². The van der Waals surface area contributed by atoms with Gasteiger partial charge in [0.1, 0.15) is 0 Å². The molecule has 1 heterocycles. The van der Waals surface area contributed by atoms with Gasteiger partial charge in [-0.2, -0.15) is 5.10 Å². The summed E-state index contributed by atoms with van der Waals surface area (Å²) in [6, 6.07) is 14.5. The highest BCUT2D eigenvalue weighted by atomic mass is 16.5. The van der Waals surface area contributed by atoms with Gasteiger partial charge in [0.25, 0.3) is 5.91 Å². The molecule has 33 heavy (non-hydrogen) atoms. The molecular formula is C26H27N3O4. The van der Waals surface area contributed by atoms with E-state index in [1.165, 1.54) is 0 Å². The summed E-state index contributed by atoms with van der Waals surface area (Å²) in [6.07, 6.45) is 6.81. The molecule has 7 heteroatoms. The van der Waals surface area contributed by atoms with Gasteiger partial charge in [0.05, 0.1) is 27.4 Å². The first kappa shape index (κ1) is 21.1. The Morgan fingerprint density at radius 2 is 1.76 bits per heavy atom. The molecular weight excluding hydrogens is 418 g/mol. The number of allylic oxidation sites excluding steroid dienone is 1. The molecule has 2 aliphatic rings. The number of ether oxygens (including phenoxy) is 3. The molecule has 7 nitrogen and oxygen atoms in total. The van der Waals surface area contributed by atoms with Gasteiger partial charge in [-0.15, -0.1) is 0 Å². The van der Waals surface area contributed by atoms with Crippen molar-refractivity contribution in [3.63, 3.8) is 0 Å². The van der Waals surface area contributed by atoms with Gasteiger partial charge in [0.15, 0.2) is 17.2 Å². The van der Waals surface area contributed by atoms with Crippen LogP contribution in [0.25, 0.3) is 6.08 Å². The van der Waals surface area contributed by atoms with Crippen molar-refractivity contribution < 1.29 is 19.0 Å². The second-order valence-electron chi connectivity index (χ2n) is 8.48. The van der Waals surface area contributed by atoms with Gasteiger partial charge in [-0.05, 0) is 24.5 Å². The molecule has 2 aromatic carbocycles. The van der Waals surface area contributed by atoms with E-state index >= 15 is 0 Å². The fourth-order valence-electron chi connectivity index (χ4n) is 4.91. The lowest BCUT2D eigenvalue weighted by Crippen LogP contribution is -2.32. The molecule has 2 aliphatic carbocycles. The summed E-state index contributed by atoms with van der Waals surface area (Å²) >= 11 is 0. The number of primary amides is 1. The predicted octanol–water partition coefficient (Wildman–Crippen LogP) is 3.90. The number of nitrogens with two attached hydrogens (primary N) is 1. The van der Waals surface area contributed by atoms with Crippen LogP contribution in [0.4, 0.5) is 0 Å². The van der Waals surface area contributed by atoms with Crippen molar-refractivity contribution >= 4 is 12.0 Å². The normalized spacial score (nSPS) is 19.1. The first-order valence-electron chi connectivity index (χ1n) is 11.0. The monoisotopic (exact) mass is 445 g/mol. The van der Waals surface area contributed by atoms with E-state index in [4.69, 9.17) is 19.9 Å². The Labute approximate surface area is 192 Å². The Morgan fingerprint density at radius 1 is 1.03 bits per heavy atom. The van der Waals surface area contributed by atoms with Crippen molar-refractivity contribution in [2.75, 3.05) is 21.3 Å². The quantitative estimate of drug-likeness (QED) is 0.596. The second-order valence-corrected chi connectivity index (χ2v) is 8.48. The summed E-state index contributed by atoms with van der Waals surface area (Å²) in [5.41, 5.74) is 9.29. The molecule has 1 atom stereocenters. The van der Waals surface area contributed by atoms with Crippen LogP contribution in [0.5, 0.6) is 17.2 Å². The number of nitrogens with zero attached hydrogens (tertiary/aromatic N) is 2. The third-order valence-corrected chi connectivity index (χ3v) is 6.63. The molecule has 170 valence electrons. The molecule has 1 fully saturated rings. The van der Waals surface area contributed by atoms with E-state index in [2.05, 4.69) is 23.3 Å². The number of fused-ring (bicyclic) bond motifs is 1. The molecule has 0 saturated heterocycles. The number of amides is 1. The first-order valence-corrected chi connectivity index (χ1v) is 11.0. The van der Waals surface area contributed by atoms with Crippen molar-refractivity contribution in [3.8, 4) is 17.2 Å². The fourth-order valence-corrected chi connectivity index (χ4v) is 4.91. The molecule has 1 unspecified atom stereocenters. The zero-order valence-electron chi connectivity index (χ0n) is 19.0. The second kappa shape index (κ2) is 7.99. The molecule has 0 bridgehead atoms. The number of aromatic nitrogens is 2. The van der Waals surface area contributed by atoms with Crippen LogP contribution in [0.3, 0.4) is 0 Å². The van der Waals surface area contributed by atoms with E-state index in [0.29, 0.717) is 35.4 Å². The zero-order chi connectivity index (χ0) is 23.2. The SMILES string of the molecule is COc1ccc(C2(c3ccccc3)C=Cc3c(C(N)=O)nn(C4CC4)c3C2)c(OC)c1OC. The molecule has 5 rings (SSSR count). The maximum Gasteiger partial charge on any atom is 0.269 e. The molecule has 0 spiro atoms. The number of methoxy groups -OCH3 is 3. The van der Waals surface area contributed by atoms with Crippen LogP contribution < -0.4 is 19.9 Å². The smallest absolute Gasteiger partial charge is 0.269 e. The number of hydrogen-bond donors (Lipinski definition) is 1. The zero-order valence-corrected chi connectivity index (χ0v) is 19.0. The molecule has 1 amide bonds. The van der Waals surface area contributed by atoms with Crippen molar-refractivity contribution in [2.45, 2.75) is 30.7 Å². The molecule has 2 N–H and O–H groups in total. The van der Waals surface area contributed by atoms with Crippen LogP contribution in [0.2, 0.25) is 0 Å². The Balaban J connectivity index is 1.78. The van der Waals surface area contributed by atoms with Gasteiger partial charge >= 0.3 is 0 Å². The molecule has 0 aliphatic heterocycles. The molecule has 3 aromatic rings. The first-order chi connectivity index (χ1) is 16.0. The summed E-state index contributed by atoms with van der Waals surface area (Å²) in [6.45, 7) is 0. The number of benzene rings is 2. The van der Waals surface area contributed by atoms with Crippen molar-refractivity contribution in [1.82, 2.24) is 9.78 Å². The number of carbonyl (C=O) groups is 1. The van der Waals surface area contributed by atoms with Gasteiger partial charge < -0.3 is 19.9 Å². The molecule has 1 aromatic heterocycles. The number of rotatable bonds is 7. The summed E-state index contributed by atoms with van der Waals surface area (Å²) in [5.74, 6) is 1.24. The van der Waals surface area contributed by atoms with E-state index < -0.39 is 11.3 Å². The maximum atomic E-state index is 12.1. The number of carbonyl (C=O) groups excluding carboxylic acids is 1. The highest BCUT2D eigenvalue weighted by molar-refractivity contribution is 5.95. The maximum absolute atomic E-state index is 12.1. The fraction of sp³-hybridized carbons (Fsp3) is 0.308. The van der Waals surface area contributed by atoms with Crippen molar-refractivity contribution in [2.24, 2.45) is 5.73 Å². The van der Waals surface area contributed by atoms with Crippen LogP contribution in [-0.4, -0.2) is 37.0 Å². The predicted molar refractivity (Wildman–Crippen MR) is 125 cm³/mol. The standard InChI is InChI=1S/C26H27N3O4/c1-31-21-12-11-19(23(32-2)24(21)33-3)26(16-7-5-4-6-8-16)14-13-18-20(15-26)29(17-9-10-17)28-22(18)25(27)30/h4-8,11-14,17H,9-10,15H2,1-3H3,(H2,27,30). The lowest BCUT2D eigenvalue weighted by Gasteiger charge is -2.36. The van der Waals surface area contributed by atoms with Gasteiger partial charge in [0.2, 0.25) is 5.75 Å². The van der Waals surface area contributed by atoms with E-state index in [0.717, 1.165) is 35.2 Å². The average molecular weight is 446 g/mol. The van der Waals surface area contributed by atoms with Crippen LogP contribution in [0.1, 0.15) is 51.8 Å². The average Bonchev–Trinajstić information content (AvgIpc) is 3.63. The van der Waals surface area contributed by atoms with Crippen molar-refractivity contribution in [1.29, 1.82) is 0 Å². The summed E-state index contributed by atoms with van der Waals surface area (Å²) in [5, 5.41) is 4.62. The Hall–Kier alpha value is -3.74. The van der Waals surface area contributed by atoms with Crippen LogP contribution in [0.15, 0.2) is 48.5 Å². The Bertz CT molecular complexity index is 1240. The van der Waals surface area contributed by atoms with E-state index in [-0.39, 0.29) is 0 Å². The van der Waals surface area contributed by atoms with Crippen LogP contribution >= 0.6 is 0 Å². The minimum atomic E-state index is -0.569. The lowest BCUT2D eigenvalue weighted by atomic mass is 9.68. The highest BCUT2D eigenvalue weighted by Crippen LogP contribution is 2.51. The Morgan fingerprint density at radius 3 is 2.36 bits per heavy atom. The lowest BCUT2D eigenvalue weighted by molar-refractivity contribution is 0.0994.